The van der Waals surface area contributed by atoms with Crippen LogP contribution in [0.4, 0.5) is 11.4 Å². The van der Waals surface area contributed by atoms with Crippen molar-refractivity contribution in [1.82, 2.24) is 0 Å². The molecule has 0 N–H and O–H groups in total. The van der Waals surface area contributed by atoms with E-state index in [0.29, 0.717) is 16.5 Å². The van der Waals surface area contributed by atoms with Crippen LogP contribution in [0.1, 0.15) is 0 Å². The number of imide groups is 1. The first-order valence-electron chi connectivity index (χ1n) is 8.43. The monoisotopic (exact) mass is 352 g/mol. The Morgan fingerprint density at radius 2 is 1.42 bits per heavy atom. The van der Waals surface area contributed by atoms with Gasteiger partial charge in [0.05, 0.1) is 40.0 Å². The van der Waals surface area contributed by atoms with E-state index in [4.69, 9.17) is 9.47 Å². The van der Waals surface area contributed by atoms with Gasteiger partial charge in [0.1, 0.15) is 12.2 Å². The molecule has 2 aromatic carbocycles. The zero-order valence-electron chi connectivity index (χ0n) is 13.3. The Hall–Kier alpha value is -2.84. The molecule has 4 aliphatic heterocycles. The number of benzene rings is 2. The first kappa shape index (κ1) is 14.3. The van der Waals surface area contributed by atoms with Gasteiger partial charge in [-0.25, -0.2) is 4.90 Å². The first-order valence-corrected chi connectivity index (χ1v) is 8.43. The second-order valence-electron chi connectivity index (χ2n) is 7.10. The largest absolute Gasteiger partial charge is 0.368 e. The van der Waals surface area contributed by atoms with Gasteiger partial charge < -0.3 is 9.47 Å². The third kappa shape index (κ3) is 1.52. The van der Waals surface area contributed by atoms with Crippen LogP contribution in [0.15, 0.2) is 36.4 Å². The number of non-ortho nitro benzene ring substituents is 1. The number of hydrogen-bond acceptors (Lipinski definition) is 6. The maximum Gasteiger partial charge on any atom is 0.277 e. The van der Waals surface area contributed by atoms with Crippen LogP contribution in [0.3, 0.4) is 0 Å². The fourth-order valence-corrected chi connectivity index (χ4v) is 4.84. The normalized spacial score (nSPS) is 36.5. The molecular formula is C18H12N2O6. The van der Waals surface area contributed by atoms with Crippen LogP contribution in [0.25, 0.3) is 10.8 Å². The number of rotatable bonds is 2. The van der Waals surface area contributed by atoms with Crippen LogP contribution in [-0.4, -0.2) is 41.2 Å². The lowest BCUT2D eigenvalue weighted by molar-refractivity contribution is -0.383. The average Bonchev–Trinajstić information content (AvgIpc) is 3.15. The number of ether oxygens (including phenoxy) is 2. The summed E-state index contributed by atoms with van der Waals surface area (Å²) in [4.78, 5) is 38.1. The summed E-state index contributed by atoms with van der Waals surface area (Å²) in [5.41, 5.74) is 0.339. The lowest BCUT2D eigenvalue weighted by Crippen LogP contribution is -2.35. The molecule has 130 valence electrons. The molecule has 4 heterocycles. The molecule has 2 amide bonds. The maximum absolute atomic E-state index is 13.0. The molecular weight excluding hydrogens is 340 g/mol. The Labute approximate surface area is 146 Å². The molecule has 6 atom stereocenters. The van der Waals surface area contributed by atoms with Gasteiger partial charge in [0.2, 0.25) is 11.8 Å². The quantitative estimate of drug-likeness (QED) is 0.350. The molecule has 0 radical (unpaired) electrons. The van der Waals surface area contributed by atoms with Crippen LogP contribution in [0, 0.1) is 22.0 Å². The Morgan fingerprint density at radius 3 is 2.04 bits per heavy atom. The summed E-state index contributed by atoms with van der Waals surface area (Å²) in [6, 6.07) is 9.57. The van der Waals surface area contributed by atoms with Gasteiger partial charge in [0, 0.05) is 11.5 Å². The molecule has 0 spiro atoms. The van der Waals surface area contributed by atoms with Gasteiger partial charge >= 0.3 is 0 Å². The van der Waals surface area contributed by atoms with Gasteiger partial charge in [0.25, 0.3) is 5.69 Å². The fourth-order valence-electron chi connectivity index (χ4n) is 4.84. The molecule has 4 fully saturated rings. The van der Waals surface area contributed by atoms with Crippen molar-refractivity contribution < 1.29 is 24.0 Å². The molecule has 4 saturated heterocycles. The molecule has 0 aliphatic carbocycles. The van der Waals surface area contributed by atoms with Crippen molar-refractivity contribution in [2.75, 3.05) is 4.90 Å². The summed E-state index contributed by atoms with van der Waals surface area (Å²) in [5.74, 6) is -1.66. The first-order chi connectivity index (χ1) is 12.6. The minimum Gasteiger partial charge on any atom is -0.368 e. The number of nitro groups is 1. The van der Waals surface area contributed by atoms with Crippen LogP contribution < -0.4 is 4.90 Å². The number of epoxide rings is 1. The second-order valence-corrected chi connectivity index (χ2v) is 7.10. The predicted octanol–water partition coefficient (Wildman–Crippen LogP) is 1.40. The average molecular weight is 352 g/mol. The highest BCUT2D eigenvalue weighted by Crippen LogP contribution is 2.57. The van der Waals surface area contributed by atoms with Gasteiger partial charge in [0.15, 0.2) is 0 Å². The van der Waals surface area contributed by atoms with Gasteiger partial charge in [-0.1, -0.05) is 18.2 Å². The number of anilines is 1. The number of hydrogen-bond donors (Lipinski definition) is 0. The van der Waals surface area contributed by atoms with E-state index < -0.39 is 16.8 Å². The Balaban J connectivity index is 1.50. The molecule has 4 aliphatic rings. The molecule has 8 nitrogen and oxygen atoms in total. The highest BCUT2D eigenvalue weighted by Gasteiger charge is 2.75. The fraction of sp³-hybridized carbons (Fsp3) is 0.333. The van der Waals surface area contributed by atoms with Crippen molar-refractivity contribution >= 4 is 34.0 Å². The summed E-state index contributed by atoms with van der Waals surface area (Å²) in [5, 5.41) is 12.2. The summed E-state index contributed by atoms with van der Waals surface area (Å²) < 4.78 is 11.3. The topological polar surface area (TPSA) is 102 Å². The van der Waals surface area contributed by atoms with E-state index in [1.54, 1.807) is 24.3 Å². The van der Waals surface area contributed by atoms with Crippen LogP contribution >= 0.6 is 0 Å². The molecule has 26 heavy (non-hydrogen) atoms. The lowest BCUT2D eigenvalue weighted by Gasteiger charge is -2.20. The van der Waals surface area contributed by atoms with Gasteiger partial charge in [-0.2, -0.15) is 0 Å². The van der Waals surface area contributed by atoms with Gasteiger partial charge in [-0.3, -0.25) is 19.7 Å². The standard InChI is InChI=1S/C18H12N2O6/c21-17-11-12(14-16-15(26-16)13(11)25-14)18(22)19(17)9-5-6-10(20(23)24)8-4-2-1-3-7(8)9/h1-6,11-16H. The highest BCUT2D eigenvalue weighted by atomic mass is 16.7. The molecule has 6 rings (SSSR count). The molecule has 0 saturated carbocycles. The summed E-state index contributed by atoms with van der Waals surface area (Å²) in [6.45, 7) is 0. The number of carbonyl (C=O) groups is 2. The van der Waals surface area contributed by atoms with Gasteiger partial charge in [-0.05, 0) is 12.1 Å². The van der Waals surface area contributed by atoms with Crippen molar-refractivity contribution in [2.45, 2.75) is 24.4 Å². The molecule has 2 aromatic rings. The van der Waals surface area contributed by atoms with E-state index in [0.717, 1.165) is 0 Å². The van der Waals surface area contributed by atoms with Crippen molar-refractivity contribution in [3.8, 4) is 0 Å². The highest BCUT2D eigenvalue weighted by molar-refractivity contribution is 6.26. The van der Waals surface area contributed by atoms with E-state index in [-0.39, 0.29) is 41.9 Å². The summed E-state index contributed by atoms with van der Waals surface area (Å²) >= 11 is 0. The third-order valence-electron chi connectivity index (χ3n) is 5.94. The smallest absolute Gasteiger partial charge is 0.277 e. The molecule has 8 heteroatoms. The maximum atomic E-state index is 13.0. The van der Waals surface area contributed by atoms with E-state index in [1.807, 2.05) is 0 Å². The van der Waals surface area contributed by atoms with Crippen LogP contribution in [0.5, 0.6) is 0 Å². The minimum absolute atomic E-state index is 0.0540. The van der Waals surface area contributed by atoms with E-state index in [2.05, 4.69) is 0 Å². The number of fused-ring (bicyclic) bond motifs is 9. The zero-order valence-corrected chi connectivity index (χ0v) is 13.3. The Kier molecular flexibility index (Phi) is 2.46. The SMILES string of the molecule is O=C1C2C3OC(C4OC43)C2C(=O)N1c1ccc([N+](=O)[O-])c2ccccc12. The van der Waals surface area contributed by atoms with Crippen molar-refractivity contribution in [2.24, 2.45) is 11.8 Å². The van der Waals surface area contributed by atoms with Crippen LogP contribution in [-0.2, 0) is 19.1 Å². The molecule has 0 aromatic heterocycles. The summed E-state index contributed by atoms with van der Waals surface area (Å²) in [6.07, 6.45) is -0.875. The Bertz CT molecular complexity index is 1000. The van der Waals surface area contributed by atoms with Crippen molar-refractivity contribution in [1.29, 1.82) is 0 Å². The number of amides is 2. The van der Waals surface area contributed by atoms with Crippen molar-refractivity contribution in [3.63, 3.8) is 0 Å². The number of nitro benzene ring substituents is 1. The molecule has 6 unspecified atom stereocenters. The van der Waals surface area contributed by atoms with Crippen molar-refractivity contribution in [3.05, 3.63) is 46.5 Å². The number of nitrogens with zero attached hydrogens (tertiary/aromatic N) is 2. The second kappa shape index (κ2) is 4.46. The Morgan fingerprint density at radius 1 is 0.846 bits per heavy atom. The van der Waals surface area contributed by atoms with Gasteiger partial charge in [-0.15, -0.1) is 0 Å². The predicted molar refractivity (Wildman–Crippen MR) is 87.4 cm³/mol. The summed E-state index contributed by atoms with van der Waals surface area (Å²) in [7, 11) is 0. The van der Waals surface area contributed by atoms with Crippen LogP contribution in [0.2, 0.25) is 0 Å². The number of carbonyl (C=O) groups excluding carboxylic acids is 2. The van der Waals surface area contributed by atoms with E-state index in [1.165, 1.54) is 17.0 Å². The van der Waals surface area contributed by atoms with E-state index >= 15 is 0 Å². The minimum atomic E-state index is -0.523. The third-order valence-corrected chi connectivity index (χ3v) is 5.94. The lowest BCUT2D eigenvalue weighted by atomic mass is 9.81. The molecule has 2 bridgehead atoms. The van der Waals surface area contributed by atoms with E-state index in [9.17, 15) is 19.7 Å². The zero-order chi connectivity index (χ0) is 17.7.